The molecular formula is C7H3Br2NO3. The summed E-state index contributed by atoms with van der Waals surface area (Å²) in [6.07, 6.45) is 0.623. The minimum Gasteiger partial charge on any atom is -0.298 e. The number of carbonyl (C=O) groups excluding carboxylic acids is 1. The van der Waals surface area contributed by atoms with E-state index in [2.05, 4.69) is 31.9 Å². The van der Waals surface area contributed by atoms with Crippen LogP contribution in [0.25, 0.3) is 0 Å². The molecule has 1 rings (SSSR count). The van der Waals surface area contributed by atoms with Crippen LogP contribution >= 0.6 is 31.9 Å². The van der Waals surface area contributed by atoms with Gasteiger partial charge in [-0.05, 0) is 31.9 Å². The monoisotopic (exact) mass is 307 g/mol. The van der Waals surface area contributed by atoms with Crippen LogP contribution in [0.15, 0.2) is 21.1 Å². The zero-order chi connectivity index (χ0) is 10.0. The van der Waals surface area contributed by atoms with Crippen LogP contribution in [0.4, 0.5) is 5.69 Å². The average Bonchev–Trinajstić information content (AvgIpc) is 2.03. The first-order valence-electron chi connectivity index (χ1n) is 3.15. The second-order valence-corrected chi connectivity index (χ2v) is 3.91. The van der Waals surface area contributed by atoms with E-state index in [0.29, 0.717) is 20.8 Å². The summed E-state index contributed by atoms with van der Waals surface area (Å²) in [4.78, 5) is 20.4. The standard InChI is InChI=1S/C7H3Br2NO3/c8-6-1-4(10(12)13)2-7(9)5(6)3-11/h1-3H. The fraction of sp³-hybridized carbons (Fsp3) is 0. The Hall–Kier alpha value is -0.750. The molecule has 0 unspecified atom stereocenters. The van der Waals surface area contributed by atoms with Gasteiger partial charge in [-0.2, -0.15) is 0 Å². The van der Waals surface area contributed by atoms with Crippen LogP contribution in [0.1, 0.15) is 10.4 Å². The van der Waals surface area contributed by atoms with Crippen LogP contribution in [0, 0.1) is 10.1 Å². The first-order valence-corrected chi connectivity index (χ1v) is 4.73. The fourth-order valence-electron chi connectivity index (χ4n) is 0.789. The molecule has 13 heavy (non-hydrogen) atoms. The first kappa shape index (κ1) is 10.3. The molecule has 6 heteroatoms. The summed E-state index contributed by atoms with van der Waals surface area (Å²) in [5.41, 5.74) is 0.301. The number of non-ortho nitro benzene ring substituents is 1. The number of hydrogen-bond acceptors (Lipinski definition) is 3. The highest BCUT2D eigenvalue weighted by Gasteiger charge is 2.12. The summed E-state index contributed by atoms with van der Waals surface area (Å²) in [6.45, 7) is 0. The number of hydrogen-bond donors (Lipinski definition) is 0. The van der Waals surface area contributed by atoms with Gasteiger partial charge in [0.2, 0.25) is 0 Å². The minimum atomic E-state index is -0.524. The van der Waals surface area contributed by atoms with Gasteiger partial charge in [-0.25, -0.2) is 0 Å². The lowest BCUT2D eigenvalue weighted by molar-refractivity contribution is -0.385. The highest BCUT2D eigenvalue weighted by atomic mass is 79.9. The van der Waals surface area contributed by atoms with E-state index in [9.17, 15) is 14.9 Å². The molecule has 1 aromatic rings. The Morgan fingerprint density at radius 2 is 1.77 bits per heavy atom. The Kier molecular flexibility index (Phi) is 3.16. The lowest BCUT2D eigenvalue weighted by Gasteiger charge is -1.99. The Morgan fingerprint density at radius 3 is 2.08 bits per heavy atom. The molecule has 4 nitrogen and oxygen atoms in total. The lowest BCUT2D eigenvalue weighted by atomic mass is 10.2. The highest BCUT2D eigenvalue weighted by Crippen LogP contribution is 2.29. The minimum absolute atomic E-state index is 0.0654. The third-order valence-electron chi connectivity index (χ3n) is 1.39. The highest BCUT2D eigenvalue weighted by molar-refractivity contribution is 9.11. The van der Waals surface area contributed by atoms with Crippen molar-refractivity contribution in [3.8, 4) is 0 Å². The predicted octanol–water partition coefficient (Wildman–Crippen LogP) is 2.93. The van der Waals surface area contributed by atoms with Crippen molar-refractivity contribution in [2.45, 2.75) is 0 Å². The van der Waals surface area contributed by atoms with Crippen LogP contribution in [0.5, 0.6) is 0 Å². The molecule has 0 saturated carbocycles. The molecule has 0 fully saturated rings. The quantitative estimate of drug-likeness (QED) is 0.479. The van der Waals surface area contributed by atoms with Crippen molar-refractivity contribution in [3.05, 3.63) is 36.8 Å². The van der Waals surface area contributed by atoms with Crippen LogP contribution in [0.2, 0.25) is 0 Å². The van der Waals surface area contributed by atoms with Crippen LogP contribution < -0.4 is 0 Å². The van der Waals surface area contributed by atoms with Gasteiger partial charge in [-0.15, -0.1) is 0 Å². The van der Waals surface area contributed by atoms with Gasteiger partial charge in [0.15, 0.2) is 6.29 Å². The lowest BCUT2D eigenvalue weighted by Crippen LogP contribution is -1.91. The molecule has 1 aromatic carbocycles. The van der Waals surface area contributed by atoms with Crippen molar-refractivity contribution >= 4 is 43.8 Å². The van der Waals surface area contributed by atoms with E-state index >= 15 is 0 Å². The largest absolute Gasteiger partial charge is 0.298 e. The molecule has 0 bridgehead atoms. The smallest absolute Gasteiger partial charge is 0.271 e. The Bertz CT molecular complexity index is 355. The van der Waals surface area contributed by atoms with Gasteiger partial charge in [0.25, 0.3) is 5.69 Å². The summed E-state index contributed by atoms with van der Waals surface area (Å²) in [5, 5.41) is 10.4. The second-order valence-electron chi connectivity index (χ2n) is 2.20. The first-order chi connectivity index (χ1) is 6.06. The molecule has 0 spiro atoms. The number of nitrogens with zero attached hydrogens (tertiary/aromatic N) is 1. The molecule has 0 aromatic heterocycles. The van der Waals surface area contributed by atoms with E-state index in [1.54, 1.807) is 0 Å². The van der Waals surface area contributed by atoms with Gasteiger partial charge in [0, 0.05) is 26.6 Å². The van der Waals surface area contributed by atoms with Crippen molar-refractivity contribution in [1.29, 1.82) is 0 Å². The summed E-state index contributed by atoms with van der Waals surface area (Å²) in [7, 11) is 0. The van der Waals surface area contributed by atoms with Crippen molar-refractivity contribution in [2.75, 3.05) is 0 Å². The van der Waals surface area contributed by atoms with Gasteiger partial charge in [-0.1, -0.05) is 0 Å². The van der Waals surface area contributed by atoms with E-state index < -0.39 is 4.92 Å². The van der Waals surface area contributed by atoms with E-state index in [1.807, 2.05) is 0 Å². The van der Waals surface area contributed by atoms with Gasteiger partial charge < -0.3 is 0 Å². The van der Waals surface area contributed by atoms with Gasteiger partial charge in [0.1, 0.15) is 0 Å². The van der Waals surface area contributed by atoms with Gasteiger partial charge in [0.05, 0.1) is 4.92 Å². The molecule has 0 aliphatic heterocycles. The summed E-state index contributed by atoms with van der Waals surface area (Å²) >= 11 is 6.12. The van der Waals surface area contributed by atoms with E-state index in [0.717, 1.165) is 0 Å². The average molecular weight is 309 g/mol. The van der Waals surface area contributed by atoms with Gasteiger partial charge >= 0.3 is 0 Å². The number of nitro benzene ring substituents is 1. The number of halogens is 2. The fourth-order valence-corrected chi connectivity index (χ4v) is 2.14. The van der Waals surface area contributed by atoms with Crippen molar-refractivity contribution in [2.24, 2.45) is 0 Å². The third kappa shape index (κ3) is 2.13. The number of nitro groups is 1. The number of benzene rings is 1. The maximum absolute atomic E-state index is 10.5. The zero-order valence-corrected chi connectivity index (χ0v) is 9.33. The molecule has 68 valence electrons. The van der Waals surface area contributed by atoms with Crippen molar-refractivity contribution < 1.29 is 9.72 Å². The molecule has 0 aliphatic rings. The summed E-state index contributed by atoms with van der Waals surface area (Å²) in [6, 6.07) is 2.57. The summed E-state index contributed by atoms with van der Waals surface area (Å²) < 4.78 is 0.812. The molecule has 0 amide bonds. The van der Waals surface area contributed by atoms with Crippen LogP contribution in [-0.2, 0) is 0 Å². The molecular weight excluding hydrogens is 306 g/mol. The van der Waals surface area contributed by atoms with Crippen LogP contribution in [-0.4, -0.2) is 11.2 Å². The Balaban J connectivity index is 3.36. The number of aldehydes is 1. The van der Waals surface area contributed by atoms with E-state index in [-0.39, 0.29) is 5.69 Å². The SMILES string of the molecule is O=Cc1c(Br)cc([N+](=O)[O-])cc1Br. The topological polar surface area (TPSA) is 60.2 Å². The van der Waals surface area contributed by atoms with E-state index in [4.69, 9.17) is 0 Å². The molecule has 0 radical (unpaired) electrons. The molecule has 0 heterocycles. The number of carbonyl (C=O) groups is 1. The molecule has 0 atom stereocenters. The van der Waals surface area contributed by atoms with Crippen molar-refractivity contribution in [1.82, 2.24) is 0 Å². The normalized spacial score (nSPS) is 9.69. The maximum atomic E-state index is 10.5. The second kappa shape index (κ2) is 3.97. The maximum Gasteiger partial charge on any atom is 0.271 e. The van der Waals surface area contributed by atoms with Crippen molar-refractivity contribution in [3.63, 3.8) is 0 Å². The van der Waals surface area contributed by atoms with E-state index in [1.165, 1.54) is 12.1 Å². The van der Waals surface area contributed by atoms with Gasteiger partial charge in [-0.3, -0.25) is 14.9 Å². The Morgan fingerprint density at radius 1 is 1.31 bits per heavy atom. The molecule has 0 aliphatic carbocycles. The zero-order valence-electron chi connectivity index (χ0n) is 6.16. The Labute approximate surface area is 90.3 Å². The predicted molar refractivity (Wildman–Crippen MR) is 53.9 cm³/mol. The number of rotatable bonds is 2. The molecule has 0 saturated heterocycles. The molecule has 0 N–H and O–H groups in total. The third-order valence-corrected chi connectivity index (χ3v) is 2.70. The van der Waals surface area contributed by atoms with Crippen LogP contribution in [0.3, 0.4) is 0 Å². The summed E-state index contributed by atoms with van der Waals surface area (Å²) in [5.74, 6) is 0.